The second-order valence-electron chi connectivity index (χ2n) is 5.74. The molecule has 0 aliphatic carbocycles. The average molecular weight is 380 g/mol. The Morgan fingerprint density at radius 1 is 1.23 bits per heavy atom. The van der Waals surface area contributed by atoms with Gasteiger partial charge in [0.1, 0.15) is 11.3 Å². The van der Waals surface area contributed by atoms with Crippen LogP contribution in [-0.4, -0.2) is 44.8 Å². The first-order chi connectivity index (χ1) is 12.1. The number of amides is 1. The number of carbonyl (C=O) groups excluding carboxylic acids is 2. The Bertz CT molecular complexity index is 917. The number of nitrogens with zero attached hydrogens (tertiary/aromatic N) is 1. The number of rotatable bonds is 6. The van der Waals surface area contributed by atoms with E-state index in [0.717, 1.165) is 4.31 Å². The van der Waals surface area contributed by atoms with Gasteiger partial charge in [0, 0.05) is 19.8 Å². The van der Waals surface area contributed by atoms with Crippen LogP contribution in [0.1, 0.15) is 23.0 Å². The van der Waals surface area contributed by atoms with E-state index in [1.54, 1.807) is 13.0 Å². The Labute approximate surface area is 151 Å². The molecule has 0 radical (unpaired) electrons. The molecule has 0 aliphatic rings. The van der Waals surface area contributed by atoms with Gasteiger partial charge in [0.05, 0.1) is 11.2 Å². The van der Waals surface area contributed by atoms with Gasteiger partial charge in [-0.15, -0.1) is 0 Å². The van der Waals surface area contributed by atoms with E-state index >= 15 is 0 Å². The number of aryl methyl sites for hydroxylation is 1. The highest BCUT2D eigenvalue weighted by Crippen LogP contribution is 2.18. The number of esters is 1. The standard InChI is InChI=1S/C17H20N2O6S/c1-11-15(8-9-24-11)17(21)25-12(2)16(20)18-13-6-5-7-14(10-13)26(22,23)19(3)4/h5-10,12H,1-4H3,(H,18,20). The molecule has 2 rings (SSSR count). The number of furan rings is 1. The molecule has 0 saturated carbocycles. The van der Waals surface area contributed by atoms with Gasteiger partial charge in [0.15, 0.2) is 6.10 Å². The molecule has 0 spiro atoms. The van der Waals surface area contributed by atoms with Crippen molar-refractivity contribution in [1.29, 1.82) is 0 Å². The van der Waals surface area contributed by atoms with Gasteiger partial charge < -0.3 is 14.5 Å². The van der Waals surface area contributed by atoms with E-state index < -0.39 is 28.0 Å². The average Bonchev–Trinajstić information content (AvgIpc) is 3.01. The summed E-state index contributed by atoms with van der Waals surface area (Å²) in [6, 6.07) is 7.27. The lowest BCUT2D eigenvalue weighted by Gasteiger charge is -2.15. The van der Waals surface area contributed by atoms with Crippen molar-refractivity contribution in [3.05, 3.63) is 47.9 Å². The molecule has 9 heteroatoms. The van der Waals surface area contributed by atoms with E-state index in [1.807, 2.05) is 0 Å². The van der Waals surface area contributed by atoms with Crippen LogP contribution in [0.3, 0.4) is 0 Å². The Morgan fingerprint density at radius 2 is 1.92 bits per heavy atom. The summed E-state index contributed by atoms with van der Waals surface area (Å²) in [5.41, 5.74) is 0.518. The maximum atomic E-state index is 12.2. The molecular weight excluding hydrogens is 360 g/mol. The van der Waals surface area contributed by atoms with E-state index in [1.165, 1.54) is 51.5 Å². The summed E-state index contributed by atoms with van der Waals surface area (Å²) in [5.74, 6) is -0.870. The minimum Gasteiger partial charge on any atom is -0.469 e. The predicted molar refractivity (Wildman–Crippen MR) is 94.3 cm³/mol. The monoisotopic (exact) mass is 380 g/mol. The molecule has 1 atom stereocenters. The number of nitrogens with one attached hydrogen (secondary N) is 1. The first kappa shape index (κ1) is 19.7. The number of hydrogen-bond donors (Lipinski definition) is 1. The fourth-order valence-corrected chi connectivity index (χ4v) is 3.01. The molecule has 1 N–H and O–H groups in total. The van der Waals surface area contributed by atoms with Crippen LogP contribution in [-0.2, 0) is 19.6 Å². The first-order valence-electron chi connectivity index (χ1n) is 7.71. The Kier molecular flexibility index (Phi) is 5.83. The van der Waals surface area contributed by atoms with Crippen molar-refractivity contribution in [3.63, 3.8) is 0 Å². The molecule has 1 amide bonds. The lowest BCUT2D eigenvalue weighted by Crippen LogP contribution is -2.30. The molecule has 0 bridgehead atoms. The largest absolute Gasteiger partial charge is 0.469 e. The van der Waals surface area contributed by atoms with E-state index in [0.29, 0.717) is 5.76 Å². The highest BCUT2D eigenvalue weighted by Gasteiger charge is 2.22. The number of benzene rings is 1. The summed E-state index contributed by atoms with van der Waals surface area (Å²) in [4.78, 5) is 24.3. The molecule has 8 nitrogen and oxygen atoms in total. The maximum absolute atomic E-state index is 12.2. The van der Waals surface area contributed by atoms with Crippen LogP contribution in [0.25, 0.3) is 0 Å². The molecule has 0 saturated heterocycles. The summed E-state index contributed by atoms with van der Waals surface area (Å²) in [5, 5.41) is 2.54. The molecule has 1 unspecified atom stereocenters. The summed E-state index contributed by atoms with van der Waals surface area (Å²) < 4.78 is 35.5. The molecule has 0 fully saturated rings. The fraction of sp³-hybridized carbons (Fsp3) is 0.294. The van der Waals surface area contributed by atoms with Crippen molar-refractivity contribution in [2.45, 2.75) is 24.8 Å². The van der Waals surface area contributed by atoms with Gasteiger partial charge in [-0.1, -0.05) is 6.07 Å². The number of carbonyl (C=O) groups is 2. The van der Waals surface area contributed by atoms with Crippen LogP contribution < -0.4 is 5.32 Å². The molecule has 1 aromatic carbocycles. The third-order valence-electron chi connectivity index (χ3n) is 3.61. The van der Waals surface area contributed by atoms with E-state index in [4.69, 9.17) is 9.15 Å². The predicted octanol–water partition coefficient (Wildman–Crippen LogP) is 2.02. The molecule has 1 aromatic heterocycles. The number of hydrogen-bond acceptors (Lipinski definition) is 6. The second kappa shape index (κ2) is 7.71. The SMILES string of the molecule is Cc1occc1C(=O)OC(C)C(=O)Nc1cccc(S(=O)(=O)N(C)C)c1. The quantitative estimate of drug-likeness (QED) is 0.769. The van der Waals surface area contributed by atoms with Crippen molar-refractivity contribution in [2.75, 3.05) is 19.4 Å². The summed E-state index contributed by atoms with van der Waals surface area (Å²) >= 11 is 0. The van der Waals surface area contributed by atoms with E-state index in [-0.39, 0.29) is 16.1 Å². The number of sulfonamides is 1. The zero-order valence-corrected chi connectivity index (χ0v) is 15.7. The van der Waals surface area contributed by atoms with Crippen LogP contribution in [0.5, 0.6) is 0 Å². The van der Waals surface area contributed by atoms with Gasteiger partial charge in [-0.05, 0) is 38.1 Å². The highest BCUT2D eigenvalue weighted by atomic mass is 32.2. The Balaban J connectivity index is 2.08. The molecule has 26 heavy (non-hydrogen) atoms. The minimum absolute atomic E-state index is 0.0407. The van der Waals surface area contributed by atoms with Crippen LogP contribution in [0.15, 0.2) is 45.9 Å². The van der Waals surface area contributed by atoms with Crippen molar-refractivity contribution in [2.24, 2.45) is 0 Å². The van der Waals surface area contributed by atoms with E-state index in [9.17, 15) is 18.0 Å². The topological polar surface area (TPSA) is 106 Å². The summed E-state index contributed by atoms with van der Waals surface area (Å²) in [6.07, 6.45) is 0.277. The van der Waals surface area contributed by atoms with Gasteiger partial charge >= 0.3 is 5.97 Å². The highest BCUT2D eigenvalue weighted by molar-refractivity contribution is 7.89. The van der Waals surface area contributed by atoms with Gasteiger partial charge in [0.25, 0.3) is 5.91 Å². The van der Waals surface area contributed by atoms with Crippen molar-refractivity contribution >= 4 is 27.6 Å². The maximum Gasteiger partial charge on any atom is 0.342 e. The minimum atomic E-state index is -3.62. The Morgan fingerprint density at radius 3 is 2.50 bits per heavy atom. The van der Waals surface area contributed by atoms with E-state index in [2.05, 4.69) is 5.32 Å². The third-order valence-corrected chi connectivity index (χ3v) is 5.42. The molecule has 0 aliphatic heterocycles. The molecule has 140 valence electrons. The molecular formula is C17H20N2O6S. The van der Waals surface area contributed by atoms with Gasteiger partial charge in [0.2, 0.25) is 10.0 Å². The first-order valence-corrected chi connectivity index (χ1v) is 9.15. The zero-order valence-electron chi connectivity index (χ0n) is 14.8. The third kappa shape index (κ3) is 4.30. The van der Waals surface area contributed by atoms with Gasteiger partial charge in [-0.2, -0.15) is 0 Å². The van der Waals surface area contributed by atoms with Crippen LogP contribution in [0.2, 0.25) is 0 Å². The van der Waals surface area contributed by atoms with Crippen LogP contribution >= 0.6 is 0 Å². The van der Waals surface area contributed by atoms with Crippen molar-refractivity contribution in [1.82, 2.24) is 4.31 Å². The van der Waals surface area contributed by atoms with Gasteiger partial charge in [-0.25, -0.2) is 17.5 Å². The fourth-order valence-electron chi connectivity index (χ4n) is 2.06. The molecule has 1 heterocycles. The van der Waals surface area contributed by atoms with Crippen molar-refractivity contribution in [3.8, 4) is 0 Å². The normalized spacial score (nSPS) is 12.7. The smallest absolute Gasteiger partial charge is 0.342 e. The zero-order chi connectivity index (χ0) is 19.5. The lowest BCUT2D eigenvalue weighted by atomic mass is 10.2. The van der Waals surface area contributed by atoms with Gasteiger partial charge in [-0.3, -0.25) is 4.79 Å². The summed E-state index contributed by atoms with van der Waals surface area (Å²) in [7, 11) is -0.789. The number of anilines is 1. The van der Waals surface area contributed by atoms with Crippen LogP contribution in [0, 0.1) is 6.92 Å². The molecule has 2 aromatic rings. The lowest BCUT2D eigenvalue weighted by molar-refractivity contribution is -0.123. The number of ether oxygens (including phenoxy) is 1. The summed E-state index contributed by atoms with van der Waals surface area (Å²) in [6.45, 7) is 3.03. The Hall–Kier alpha value is -2.65. The second-order valence-corrected chi connectivity index (χ2v) is 7.89. The van der Waals surface area contributed by atoms with Crippen molar-refractivity contribution < 1.29 is 27.2 Å². The van der Waals surface area contributed by atoms with Crippen LogP contribution in [0.4, 0.5) is 5.69 Å².